The number of carbonyl (C=O) groups excluding carboxylic acids is 2. The summed E-state index contributed by atoms with van der Waals surface area (Å²) < 4.78 is 7.57. The minimum atomic E-state index is -0.477. The van der Waals surface area contributed by atoms with E-state index in [1.165, 1.54) is 0 Å². The zero-order valence-electron chi connectivity index (χ0n) is 16.8. The van der Waals surface area contributed by atoms with Gasteiger partial charge >= 0.3 is 0 Å². The average molecular weight is 387 g/mol. The Morgan fingerprint density at radius 3 is 2.86 bits per heavy atom. The van der Waals surface area contributed by atoms with Crippen LogP contribution < -0.4 is 10.6 Å². The van der Waals surface area contributed by atoms with Crippen LogP contribution in [0.5, 0.6) is 0 Å². The summed E-state index contributed by atoms with van der Waals surface area (Å²) in [6, 6.07) is 5.38. The van der Waals surface area contributed by atoms with Crippen molar-refractivity contribution in [2.75, 3.05) is 19.6 Å². The average Bonchev–Trinajstić information content (AvgIpc) is 3.19. The standard InChI is InChI=1S/C20H29N5O3/c1-14-11-15(2)25(23-14)9-4-7-21-19(26)12-18-20(27)22-8-10-24(18)13-17-6-5-16(3)28-17/h5-6,11,18H,4,7-10,12-13H2,1-3H3,(H,21,26)(H,22,27)/t18-/m1/s1. The maximum Gasteiger partial charge on any atom is 0.237 e. The molecule has 0 aliphatic carbocycles. The van der Waals surface area contributed by atoms with Crippen molar-refractivity contribution in [2.45, 2.75) is 52.7 Å². The zero-order chi connectivity index (χ0) is 20.1. The van der Waals surface area contributed by atoms with Gasteiger partial charge in [-0.05, 0) is 45.4 Å². The molecule has 1 saturated heterocycles. The van der Waals surface area contributed by atoms with Gasteiger partial charge in [0.15, 0.2) is 0 Å². The number of amides is 2. The van der Waals surface area contributed by atoms with Crippen LogP contribution in [0.4, 0.5) is 0 Å². The van der Waals surface area contributed by atoms with Crippen molar-refractivity contribution in [3.8, 4) is 0 Å². The van der Waals surface area contributed by atoms with E-state index in [0.29, 0.717) is 26.2 Å². The third kappa shape index (κ3) is 5.22. The van der Waals surface area contributed by atoms with E-state index in [-0.39, 0.29) is 18.2 Å². The molecule has 1 fully saturated rings. The summed E-state index contributed by atoms with van der Waals surface area (Å²) in [6.07, 6.45) is 0.936. The highest BCUT2D eigenvalue weighted by Gasteiger charge is 2.32. The minimum absolute atomic E-state index is 0.104. The van der Waals surface area contributed by atoms with E-state index in [2.05, 4.69) is 15.7 Å². The van der Waals surface area contributed by atoms with Crippen molar-refractivity contribution >= 4 is 11.8 Å². The summed E-state index contributed by atoms with van der Waals surface area (Å²) in [6.45, 7) is 9.00. The lowest BCUT2D eigenvalue weighted by Crippen LogP contribution is -2.56. The van der Waals surface area contributed by atoms with Gasteiger partial charge in [-0.1, -0.05) is 0 Å². The number of furan rings is 1. The van der Waals surface area contributed by atoms with E-state index in [1.807, 2.05) is 48.6 Å². The Hall–Kier alpha value is -2.61. The van der Waals surface area contributed by atoms with Gasteiger partial charge in [-0.25, -0.2) is 0 Å². The van der Waals surface area contributed by atoms with Gasteiger partial charge < -0.3 is 15.1 Å². The highest BCUT2D eigenvalue weighted by atomic mass is 16.3. The number of nitrogens with one attached hydrogen (secondary N) is 2. The molecule has 28 heavy (non-hydrogen) atoms. The van der Waals surface area contributed by atoms with Crippen LogP contribution in [0.3, 0.4) is 0 Å². The smallest absolute Gasteiger partial charge is 0.237 e. The van der Waals surface area contributed by atoms with E-state index in [4.69, 9.17) is 4.42 Å². The van der Waals surface area contributed by atoms with Crippen LogP contribution in [0.1, 0.15) is 35.7 Å². The number of aryl methyl sites for hydroxylation is 4. The molecule has 0 bridgehead atoms. The summed E-state index contributed by atoms with van der Waals surface area (Å²) >= 11 is 0. The first-order valence-corrected chi connectivity index (χ1v) is 9.77. The van der Waals surface area contributed by atoms with E-state index in [0.717, 1.165) is 35.9 Å². The first-order valence-electron chi connectivity index (χ1n) is 9.77. The van der Waals surface area contributed by atoms with Gasteiger partial charge in [0.1, 0.15) is 11.5 Å². The third-order valence-corrected chi connectivity index (χ3v) is 4.95. The van der Waals surface area contributed by atoms with Crippen LogP contribution in [0.25, 0.3) is 0 Å². The molecule has 3 rings (SSSR count). The van der Waals surface area contributed by atoms with Crippen molar-refractivity contribution in [1.29, 1.82) is 0 Å². The number of piperazine rings is 1. The van der Waals surface area contributed by atoms with Crippen molar-refractivity contribution in [1.82, 2.24) is 25.3 Å². The molecule has 8 heteroatoms. The first-order chi connectivity index (χ1) is 13.4. The fourth-order valence-corrected chi connectivity index (χ4v) is 3.55. The number of carbonyl (C=O) groups is 2. The lowest BCUT2D eigenvalue weighted by Gasteiger charge is -2.34. The van der Waals surface area contributed by atoms with Gasteiger partial charge in [0.2, 0.25) is 11.8 Å². The molecule has 0 saturated carbocycles. The lowest BCUT2D eigenvalue weighted by atomic mass is 10.1. The molecule has 8 nitrogen and oxygen atoms in total. The fraction of sp³-hybridized carbons (Fsp3) is 0.550. The molecule has 2 N–H and O–H groups in total. The lowest BCUT2D eigenvalue weighted by molar-refractivity contribution is -0.134. The first kappa shape index (κ1) is 20.1. The summed E-state index contributed by atoms with van der Waals surface area (Å²) in [5.41, 5.74) is 2.11. The van der Waals surface area contributed by atoms with Crippen LogP contribution in [0.2, 0.25) is 0 Å². The Balaban J connectivity index is 1.47. The number of aromatic nitrogens is 2. The molecule has 3 heterocycles. The molecule has 2 aromatic heterocycles. The highest BCUT2D eigenvalue weighted by Crippen LogP contribution is 2.15. The van der Waals surface area contributed by atoms with Crippen LogP contribution >= 0.6 is 0 Å². The molecule has 1 aliphatic heterocycles. The second kappa shape index (κ2) is 9.05. The largest absolute Gasteiger partial charge is 0.465 e. The van der Waals surface area contributed by atoms with Crippen LogP contribution in [-0.4, -0.2) is 52.2 Å². The van der Waals surface area contributed by atoms with Gasteiger partial charge in [-0.15, -0.1) is 0 Å². The quantitative estimate of drug-likeness (QED) is 0.666. The molecule has 0 spiro atoms. The molecule has 0 radical (unpaired) electrons. The molecule has 0 unspecified atom stereocenters. The van der Waals surface area contributed by atoms with Gasteiger partial charge in [0, 0.05) is 31.9 Å². The fourth-order valence-electron chi connectivity index (χ4n) is 3.55. The molecule has 1 atom stereocenters. The van der Waals surface area contributed by atoms with Crippen molar-refractivity contribution in [3.63, 3.8) is 0 Å². The van der Waals surface area contributed by atoms with E-state index >= 15 is 0 Å². The maximum absolute atomic E-state index is 12.4. The van der Waals surface area contributed by atoms with Crippen LogP contribution in [0.15, 0.2) is 22.6 Å². The van der Waals surface area contributed by atoms with Gasteiger partial charge in [0.25, 0.3) is 0 Å². The Morgan fingerprint density at radius 2 is 2.18 bits per heavy atom. The highest BCUT2D eigenvalue weighted by molar-refractivity contribution is 5.88. The Labute approximate surface area is 165 Å². The molecule has 1 aliphatic rings. The van der Waals surface area contributed by atoms with Crippen molar-refractivity contribution in [2.24, 2.45) is 0 Å². The predicted octanol–water partition coefficient (Wildman–Crippen LogP) is 1.30. The van der Waals surface area contributed by atoms with Gasteiger partial charge in [-0.2, -0.15) is 5.10 Å². The minimum Gasteiger partial charge on any atom is -0.465 e. The number of hydrogen-bond acceptors (Lipinski definition) is 5. The second-order valence-electron chi connectivity index (χ2n) is 7.35. The zero-order valence-corrected chi connectivity index (χ0v) is 16.8. The molecule has 2 amide bonds. The molecule has 0 aromatic carbocycles. The van der Waals surface area contributed by atoms with Crippen LogP contribution in [-0.2, 0) is 22.7 Å². The monoisotopic (exact) mass is 387 g/mol. The molecule has 2 aromatic rings. The number of hydrogen-bond donors (Lipinski definition) is 2. The van der Waals surface area contributed by atoms with Crippen LogP contribution in [0, 0.1) is 20.8 Å². The molecule has 152 valence electrons. The third-order valence-electron chi connectivity index (χ3n) is 4.95. The topological polar surface area (TPSA) is 92.4 Å². The Bertz CT molecular complexity index is 826. The Kier molecular flexibility index (Phi) is 6.51. The Morgan fingerprint density at radius 1 is 1.36 bits per heavy atom. The van der Waals surface area contributed by atoms with E-state index in [9.17, 15) is 9.59 Å². The van der Waals surface area contributed by atoms with E-state index in [1.54, 1.807) is 0 Å². The van der Waals surface area contributed by atoms with Gasteiger partial charge in [0.05, 0.1) is 24.7 Å². The van der Waals surface area contributed by atoms with E-state index < -0.39 is 6.04 Å². The van der Waals surface area contributed by atoms with Crippen molar-refractivity contribution in [3.05, 3.63) is 41.1 Å². The summed E-state index contributed by atoms with van der Waals surface area (Å²) in [5.74, 6) is 1.43. The summed E-state index contributed by atoms with van der Waals surface area (Å²) in [5, 5.41) is 10.2. The van der Waals surface area contributed by atoms with Crippen molar-refractivity contribution < 1.29 is 14.0 Å². The van der Waals surface area contributed by atoms with Gasteiger partial charge in [-0.3, -0.25) is 19.2 Å². The SMILES string of the molecule is Cc1cc(C)n(CCCNC(=O)C[C@@H]2C(=O)NCCN2Cc2ccc(C)o2)n1. The molecular formula is C20H29N5O3. The maximum atomic E-state index is 12.4. The summed E-state index contributed by atoms with van der Waals surface area (Å²) in [4.78, 5) is 26.7. The predicted molar refractivity (Wildman–Crippen MR) is 105 cm³/mol. The number of rotatable bonds is 8. The normalized spacial score (nSPS) is 17.5. The molecular weight excluding hydrogens is 358 g/mol. The summed E-state index contributed by atoms with van der Waals surface area (Å²) in [7, 11) is 0. The second-order valence-corrected chi connectivity index (χ2v) is 7.35. The number of nitrogens with zero attached hydrogens (tertiary/aromatic N) is 3.